The predicted octanol–water partition coefficient (Wildman–Crippen LogP) is 2.72. The Balaban J connectivity index is 1.85. The molecule has 2 rings (SSSR count). The highest BCUT2D eigenvalue weighted by Gasteiger charge is 2.14. The summed E-state index contributed by atoms with van der Waals surface area (Å²) in [7, 11) is 1.55. The lowest BCUT2D eigenvalue weighted by molar-refractivity contribution is -0.123. The van der Waals surface area contributed by atoms with Gasteiger partial charge in [0.25, 0.3) is 0 Å². The molecular weight excluding hydrogens is 361 g/mol. The Bertz CT molecular complexity index is 809. The number of hydrogen-bond acceptors (Lipinski definition) is 4. The number of likely N-dealkylation sites (N-methyl/N-ethyl adjacent to an activating group) is 1. The molecule has 0 aliphatic carbocycles. The quantitative estimate of drug-likeness (QED) is 0.694. The third-order valence-corrected chi connectivity index (χ3v) is 4.21. The van der Waals surface area contributed by atoms with Gasteiger partial charge >= 0.3 is 0 Å². The SMILES string of the molecule is CCN(CC(=O)NCc1ccc(F)cc1)CC(=O)Nc1cc(C)ccc1OC. The average molecular weight is 387 g/mol. The first-order valence-corrected chi connectivity index (χ1v) is 9.09. The summed E-state index contributed by atoms with van der Waals surface area (Å²) < 4.78 is 18.2. The second kappa shape index (κ2) is 10.4. The second-order valence-corrected chi connectivity index (χ2v) is 6.46. The first-order chi connectivity index (χ1) is 13.4. The number of aryl methyl sites for hydroxylation is 1. The van der Waals surface area contributed by atoms with Gasteiger partial charge in [0.05, 0.1) is 25.9 Å². The van der Waals surface area contributed by atoms with Gasteiger partial charge in [-0.3, -0.25) is 14.5 Å². The summed E-state index contributed by atoms with van der Waals surface area (Å²) in [6.07, 6.45) is 0. The number of nitrogens with one attached hydrogen (secondary N) is 2. The molecule has 7 heteroatoms. The summed E-state index contributed by atoms with van der Waals surface area (Å²) in [6.45, 7) is 4.84. The summed E-state index contributed by atoms with van der Waals surface area (Å²) in [6, 6.07) is 11.5. The van der Waals surface area contributed by atoms with Crippen LogP contribution in [-0.4, -0.2) is 43.5 Å². The zero-order chi connectivity index (χ0) is 20.5. The lowest BCUT2D eigenvalue weighted by Gasteiger charge is -2.20. The van der Waals surface area contributed by atoms with Gasteiger partial charge in [-0.2, -0.15) is 0 Å². The second-order valence-electron chi connectivity index (χ2n) is 6.46. The van der Waals surface area contributed by atoms with Crippen molar-refractivity contribution in [3.8, 4) is 5.75 Å². The Labute approximate surface area is 164 Å². The molecule has 0 aliphatic rings. The van der Waals surface area contributed by atoms with Crippen LogP contribution in [0.25, 0.3) is 0 Å². The van der Waals surface area contributed by atoms with Crippen LogP contribution in [0.4, 0.5) is 10.1 Å². The Morgan fingerprint density at radius 1 is 1.07 bits per heavy atom. The molecule has 0 fully saturated rings. The van der Waals surface area contributed by atoms with Gasteiger partial charge in [0.15, 0.2) is 0 Å². The van der Waals surface area contributed by atoms with E-state index in [-0.39, 0.29) is 30.7 Å². The average Bonchev–Trinajstić information content (AvgIpc) is 2.67. The first kappa shape index (κ1) is 21.4. The minimum atomic E-state index is -0.316. The molecule has 0 saturated heterocycles. The van der Waals surface area contributed by atoms with Gasteiger partial charge in [0.2, 0.25) is 11.8 Å². The monoisotopic (exact) mass is 387 g/mol. The Hall–Kier alpha value is -2.93. The van der Waals surface area contributed by atoms with Crippen molar-refractivity contribution < 1.29 is 18.7 Å². The lowest BCUT2D eigenvalue weighted by atomic mass is 10.2. The van der Waals surface area contributed by atoms with Crippen LogP contribution in [0.15, 0.2) is 42.5 Å². The van der Waals surface area contributed by atoms with E-state index in [2.05, 4.69) is 10.6 Å². The molecule has 0 spiro atoms. The van der Waals surface area contributed by atoms with Crippen LogP contribution in [-0.2, 0) is 16.1 Å². The predicted molar refractivity (Wildman–Crippen MR) is 107 cm³/mol. The Morgan fingerprint density at radius 2 is 1.75 bits per heavy atom. The molecule has 2 aromatic rings. The molecule has 0 heterocycles. The van der Waals surface area contributed by atoms with Crippen LogP contribution in [0.3, 0.4) is 0 Å². The van der Waals surface area contributed by atoms with Crippen molar-refractivity contribution in [2.24, 2.45) is 0 Å². The number of hydrogen-bond donors (Lipinski definition) is 2. The fourth-order valence-electron chi connectivity index (χ4n) is 2.65. The van der Waals surface area contributed by atoms with Gasteiger partial charge in [-0.15, -0.1) is 0 Å². The van der Waals surface area contributed by atoms with Crippen molar-refractivity contribution in [2.75, 3.05) is 32.1 Å². The van der Waals surface area contributed by atoms with Crippen LogP contribution >= 0.6 is 0 Å². The van der Waals surface area contributed by atoms with Crippen molar-refractivity contribution >= 4 is 17.5 Å². The highest BCUT2D eigenvalue weighted by Crippen LogP contribution is 2.25. The summed E-state index contributed by atoms with van der Waals surface area (Å²) in [5.74, 6) is -0.160. The standard InChI is InChI=1S/C21H26FN3O3/c1-4-25(13-20(26)23-12-16-6-8-17(22)9-7-16)14-21(27)24-18-11-15(2)5-10-19(18)28-3/h5-11H,4,12-14H2,1-3H3,(H,23,26)(H,24,27). The highest BCUT2D eigenvalue weighted by molar-refractivity contribution is 5.94. The number of ether oxygens (including phenoxy) is 1. The topological polar surface area (TPSA) is 70.7 Å². The third kappa shape index (κ3) is 6.66. The van der Waals surface area contributed by atoms with Gasteiger partial charge in [0, 0.05) is 6.54 Å². The molecule has 0 saturated carbocycles. The van der Waals surface area contributed by atoms with E-state index in [0.29, 0.717) is 24.5 Å². The minimum Gasteiger partial charge on any atom is -0.495 e. The molecule has 0 aromatic heterocycles. The molecule has 0 aliphatic heterocycles. The molecule has 2 aromatic carbocycles. The van der Waals surface area contributed by atoms with E-state index in [4.69, 9.17) is 4.74 Å². The summed E-state index contributed by atoms with van der Waals surface area (Å²) >= 11 is 0. The summed E-state index contributed by atoms with van der Waals surface area (Å²) in [5.41, 5.74) is 2.41. The maximum Gasteiger partial charge on any atom is 0.238 e. The highest BCUT2D eigenvalue weighted by atomic mass is 19.1. The smallest absolute Gasteiger partial charge is 0.238 e. The number of benzene rings is 2. The van der Waals surface area contributed by atoms with Gasteiger partial charge in [-0.25, -0.2) is 4.39 Å². The van der Waals surface area contributed by atoms with Crippen molar-refractivity contribution in [2.45, 2.75) is 20.4 Å². The molecule has 28 heavy (non-hydrogen) atoms. The zero-order valence-electron chi connectivity index (χ0n) is 16.4. The summed E-state index contributed by atoms with van der Waals surface area (Å²) in [4.78, 5) is 26.3. The van der Waals surface area contributed by atoms with E-state index >= 15 is 0 Å². The summed E-state index contributed by atoms with van der Waals surface area (Å²) in [5, 5.41) is 5.61. The van der Waals surface area contributed by atoms with Crippen LogP contribution in [0.1, 0.15) is 18.1 Å². The fraction of sp³-hybridized carbons (Fsp3) is 0.333. The Kier molecular flexibility index (Phi) is 7.95. The lowest BCUT2D eigenvalue weighted by Crippen LogP contribution is -2.40. The van der Waals surface area contributed by atoms with Gasteiger partial charge < -0.3 is 15.4 Å². The molecule has 0 atom stereocenters. The number of rotatable bonds is 9. The molecule has 2 N–H and O–H groups in total. The fourth-order valence-corrected chi connectivity index (χ4v) is 2.65. The maximum absolute atomic E-state index is 12.9. The van der Waals surface area contributed by atoms with Crippen LogP contribution in [0.5, 0.6) is 5.75 Å². The maximum atomic E-state index is 12.9. The van der Waals surface area contributed by atoms with E-state index in [9.17, 15) is 14.0 Å². The molecule has 150 valence electrons. The molecule has 0 unspecified atom stereocenters. The van der Waals surface area contributed by atoms with Crippen LogP contribution in [0.2, 0.25) is 0 Å². The zero-order valence-corrected chi connectivity index (χ0v) is 16.4. The number of amides is 2. The van der Waals surface area contributed by atoms with Gasteiger partial charge in [0.1, 0.15) is 11.6 Å². The van der Waals surface area contributed by atoms with E-state index in [1.54, 1.807) is 30.2 Å². The van der Waals surface area contributed by atoms with Crippen molar-refractivity contribution in [1.82, 2.24) is 10.2 Å². The van der Waals surface area contributed by atoms with E-state index in [1.807, 2.05) is 26.0 Å². The molecular formula is C21H26FN3O3. The van der Waals surface area contributed by atoms with Gasteiger partial charge in [-0.05, 0) is 48.9 Å². The molecule has 6 nitrogen and oxygen atoms in total. The minimum absolute atomic E-state index is 0.0809. The normalized spacial score (nSPS) is 10.6. The van der Waals surface area contributed by atoms with E-state index in [1.165, 1.54) is 12.1 Å². The molecule has 0 bridgehead atoms. The third-order valence-electron chi connectivity index (χ3n) is 4.21. The first-order valence-electron chi connectivity index (χ1n) is 9.09. The van der Waals surface area contributed by atoms with Crippen molar-refractivity contribution in [1.29, 1.82) is 0 Å². The number of nitrogens with zero attached hydrogens (tertiary/aromatic N) is 1. The molecule has 0 radical (unpaired) electrons. The molecule has 2 amide bonds. The number of anilines is 1. The largest absolute Gasteiger partial charge is 0.495 e. The van der Waals surface area contributed by atoms with Crippen LogP contribution in [0, 0.1) is 12.7 Å². The van der Waals surface area contributed by atoms with E-state index in [0.717, 1.165) is 11.1 Å². The number of methoxy groups -OCH3 is 1. The Morgan fingerprint density at radius 3 is 2.39 bits per heavy atom. The number of carbonyl (C=O) groups excluding carboxylic acids is 2. The van der Waals surface area contributed by atoms with E-state index < -0.39 is 0 Å². The van der Waals surface area contributed by atoms with Gasteiger partial charge in [-0.1, -0.05) is 25.1 Å². The van der Waals surface area contributed by atoms with Crippen LogP contribution < -0.4 is 15.4 Å². The number of carbonyl (C=O) groups is 2. The van der Waals surface area contributed by atoms with Crippen molar-refractivity contribution in [3.05, 3.63) is 59.4 Å². The van der Waals surface area contributed by atoms with Crippen molar-refractivity contribution in [3.63, 3.8) is 0 Å². The number of halogens is 1.